The van der Waals surface area contributed by atoms with Gasteiger partial charge in [0.05, 0.1) is 0 Å². The van der Waals surface area contributed by atoms with Crippen molar-refractivity contribution in [1.29, 1.82) is 0 Å². The molecular weight excluding hydrogens is 322 g/mol. The Bertz CT molecular complexity index is 883. The first kappa shape index (κ1) is 16.3. The maximum absolute atomic E-state index is 12.5. The lowest BCUT2D eigenvalue weighted by Crippen LogP contribution is -2.13. The Kier molecular flexibility index (Phi) is 4.72. The van der Waals surface area contributed by atoms with E-state index in [0.717, 1.165) is 28.8 Å². The van der Waals surface area contributed by atoms with Crippen LogP contribution in [-0.4, -0.2) is 5.91 Å². The van der Waals surface area contributed by atoms with Gasteiger partial charge >= 0.3 is 0 Å². The highest BCUT2D eigenvalue weighted by atomic mass is 35.5. The van der Waals surface area contributed by atoms with Crippen LogP contribution < -0.4 is 5.32 Å². The maximum atomic E-state index is 12.5. The van der Waals surface area contributed by atoms with Crippen molar-refractivity contribution in [1.82, 2.24) is 0 Å². The average molecular weight is 340 g/mol. The fraction of sp³-hybridized carbons (Fsp3) is 0.150. The van der Waals surface area contributed by atoms with Crippen LogP contribution in [0.2, 0.25) is 5.02 Å². The van der Waals surface area contributed by atoms with Crippen molar-refractivity contribution in [2.45, 2.75) is 20.3 Å². The van der Waals surface area contributed by atoms with Crippen LogP contribution in [0.1, 0.15) is 28.6 Å². The van der Waals surface area contributed by atoms with E-state index in [4.69, 9.17) is 16.0 Å². The molecule has 0 aliphatic carbocycles. The Labute approximate surface area is 146 Å². The number of halogens is 1. The van der Waals surface area contributed by atoms with E-state index in [9.17, 15) is 4.79 Å². The first-order valence-electron chi connectivity index (χ1n) is 7.84. The molecule has 122 valence electrons. The monoisotopic (exact) mass is 339 g/mol. The zero-order chi connectivity index (χ0) is 17.1. The Morgan fingerprint density at radius 1 is 1.12 bits per heavy atom. The van der Waals surface area contributed by atoms with E-state index in [-0.39, 0.29) is 11.7 Å². The van der Waals surface area contributed by atoms with E-state index >= 15 is 0 Å². The molecule has 3 nitrogen and oxygen atoms in total. The van der Waals surface area contributed by atoms with Crippen molar-refractivity contribution in [2.75, 3.05) is 5.32 Å². The Balaban J connectivity index is 1.85. The summed E-state index contributed by atoms with van der Waals surface area (Å²) < 4.78 is 5.70. The van der Waals surface area contributed by atoms with Crippen molar-refractivity contribution in [2.24, 2.45) is 0 Å². The third-order valence-corrected chi connectivity index (χ3v) is 4.15. The van der Waals surface area contributed by atoms with Gasteiger partial charge in [-0.2, -0.15) is 0 Å². The molecule has 0 atom stereocenters. The summed E-state index contributed by atoms with van der Waals surface area (Å²) in [6.45, 7) is 4.04. The van der Waals surface area contributed by atoms with Crippen molar-refractivity contribution in [3.63, 3.8) is 0 Å². The van der Waals surface area contributed by atoms with Gasteiger partial charge < -0.3 is 9.73 Å². The summed E-state index contributed by atoms with van der Waals surface area (Å²) in [5, 5.41) is 3.59. The molecular formula is C20H18ClNO2. The lowest BCUT2D eigenvalue weighted by molar-refractivity contribution is 0.0997. The number of benzene rings is 2. The average Bonchev–Trinajstić information content (AvgIpc) is 3.07. The highest BCUT2D eigenvalue weighted by Crippen LogP contribution is 2.26. The number of rotatable bonds is 4. The molecule has 24 heavy (non-hydrogen) atoms. The van der Waals surface area contributed by atoms with Gasteiger partial charge in [-0.05, 0) is 48.7 Å². The molecule has 1 heterocycles. The Morgan fingerprint density at radius 2 is 1.92 bits per heavy atom. The number of furan rings is 1. The summed E-state index contributed by atoms with van der Waals surface area (Å²) in [4.78, 5) is 12.5. The number of carbonyl (C=O) groups excluding carboxylic acids is 1. The summed E-state index contributed by atoms with van der Waals surface area (Å²) >= 11 is 6.00. The maximum Gasteiger partial charge on any atom is 0.291 e. The molecule has 1 amide bonds. The van der Waals surface area contributed by atoms with Crippen LogP contribution in [0.25, 0.3) is 11.3 Å². The third kappa shape index (κ3) is 3.36. The summed E-state index contributed by atoms with van der Waals surface area (Å²) in [5.41, 5.74) is 3.83. The van der Waals surface area contributed by atoms with Crippen LogP contribution in [0.3, 0.4) is 0 Å². The number of carbonyl (C=O) groups is 1. The van der Waals surface area contributed by atoms with E-state index in [1.54, 1.807) is 24.3 Å². The molecule has 0 aliphatic rings. The molecule has 1 N–H and O–H groups in total. The number of para-hydroxylation sites is 1. The molecule has 0 unspecified atom stereocenters. The van der Waals surface area contributed by atoms with Gasteiger partial charge in [-0.3, -0.25) is 4.79 Å². The second kappa shape index (κ2) is 6.93. The van der Waals surface area contributed by atoms with E-state index < -0.39 is 0 Å². The first-order chi connectivity index (χ1) is 11.6. The molecule has 4 heteroatoms. The predicted octanol–water partition coefficient (Wildman–Crippen LogP) is 5.72. The zero-order valence-corrected chi connectivity index (χ0v) is 14.4. The molecule has 3 aromatic rings. The minimum atomic E-state index is -0.257. The molecule has 0 fully saturated rings. The SMILES string of the molecule is CCc1cccc(C)c1NC(=O)c1ccc(-c2cccc(Cl)c2)o1. The Hall–Kier alpha value is -2.52. The van der Waals surface area contributed by atoms with Gasteiger partial charge in [0, 0.05) is 16.3 Å². The van der Waals surface area contributed by atoms with Crippen LogP contribution >= 0.6 is 11.6 Å². The molecule has 1 aromatic heterocycles. The van der Waals surface area contributed by atoms with Crippen molar-refractivity contribution in [3.8, 4) is 11.3 Å². The molecule has 0 saturated heterocycles. The molecule has 0 saturated carbocycles. The van der Waals surface area contributed by atoms with Crippen molar-refractivity contribution < 1.29 is 9.21 Å². The van der Waals surface area contributed by atoms with Gasteiger partial charge in [-0.15, -0.1) is 0 Å². The molecule has 0 bridgehead atoms. The van der Waals surface area contributed by atoms with Gasteiger partial charge in [0.15, 0.2) is 5.76 Å². The lowest BCUT2D eigenvalue weighted by atomic mass is 10.1. The molecule has 0 aliphatic heterocycles. The number of anilines is 1. The second-order valence-electron chi connectivity index (χ2n) is 5.59. The minimum Gasteiger partial charge on any atom is -0.451 e. The summed E-state index contributed by atoms with van der Waals surface area (Å²) in [6, 6.07) is 16.8. The summed E-state index contributed by atoms with van der Waals surface area (Å²) in [5.74, 6) is 0.630. The van der Waals surface area contributed by atoms with E-state index in [2.05, 4.69) is 12.2 Å². The fourth-order valence-corrected chi connectivity index (χ4v) is 2.82. The predicted molar refractivity (Wildman–Crippen MR) is 97.7 cm³/mol. The fourth-order valence-electron chi connectivity index (χ4n) is 2.63. The number of amides is 1. The van der Waals surface area contributed by atoms with Crippen molar-refractivity contribution in [3.05, 3.63) is 76.5 Å². The van der Waals surface area contributed by atoms with E-state index in [0.29, 0.717) is 10.8 Å². The van der Waals surface area contributed by atoms with Crippen LogP contribution in [0.5, 0.6) is 0 Å². The minimum absolute atomic E-state index is 0.257. The van der Waals surface area contributed by atoms with E-state index in [1.165, 1.54) is 0 Å². The number of hydrogen-bond acceptors (Lipinski definition) is 2. The number of nitrogens with one attached hydrogen (secondary N) is 1. The first-order valence-corrected chi connectivity index (χ1v) is 8.22. The van der Waals surface area contributed by atoms with Gasteiger partial charge in [-0.1, -0.05) is 48.9 Å². The van der Waals surface area contributed by atoms with Crippen LogP contribution in [-0.2, 0) is 6.42 Å². The van der Waals surface area contributed by atoms with Gasteiger partial charge in [0.25, 0.3) is 5.91 Å². The van der Waals surface area contributed by atoms with Crippen LogP contribution in [0.4, 0.5) is 5.69 Å². The molecule has 0 radical (unpaired) electrons. The zero-order valence-electron chi connectivity index (χ0n) is 13.6. The smallest absolute Gasteiger partial charge is 0.291 e. The van der Waals surface area contributed by atoms with Gasteiger partial charge in [0.1, 0.15) is 5.76 Å². The Morgan fingerprint density at radius 3 is 2.67 bits per heavy atom. The van der Waals surface area contributed by atoms with Gasteiger partial charge in [-0.25, -0.2) is 0 Å². The lowest BCUT2D eigenvalue weighted by Gasteiger charge is -2.11. The number of hydrogen-bond donors (Lipinski definition) is 1. The second-order valence-corrected chi connectivity index (χ2v) is 6.03. The van der Waals surface area contributed by atoms with Crippen molar-refractivity contribution >= 4 is 23.2 Å². The standard InChI is InChI=1S/C20H18ClNO2/c1-3-14-7-4-6-13(2)19(14)22-20(23)18-11-10-17(24-18)15-8-5-9-16(21)12-15/h4-12H,3H2,1-2H3,(H,22,23). The number of aryl methyl sites for hydroxylation is 2. The molecule has 0 spiro atoms. The van der Waals surface area contributed by atoms with Crippen LogP contribution in [0.15, 0.2) is 59.0 Å². The largest absolute Gasteiger partial charge is 0.451 e. The topological polar surface area (TPSA) is 42.2 Å². The summed E-state index contributed by atoms with van der Waals surface area (Å²) in [6.07, 6.45) is 0.850. The molecule has 2 aromatic carbocycles. The highest BCUT2D eigenvalue weighted by Gasteiger charge is 2.15. The third-order valence-electron chi connectivity index (χ3n) is 3.92. The quantitative estimate of drug-likeness (QED) is 0.660. The highest BCUT2D eigenvalue weighted by molar-refractivity contribution is 6.30. The summed E-state index contributed by atoms with van der Waals surface area (Å²) in [7, 11) is 0. The van der Waals surface area contributed by atoms with Crippen LogP contribution in [0, 0.1) is 6.92 Å². The molecule has 3 rings (SSSR count). The van der Waals surface area contributed by atoms with Gasteiger partial charge in [0.2, 0.25) is 0 Å². The normalized spacial score (nSPS) is 10.6. The van der Waals surface area contributed by atoms with E-state index in [1.807, 2.05) is 37.3 Å².